The molecule has 0 saturated carbocycles. The maximum atomic E-state index is 5.96. The van der Waals surface area contributed by atoms with E-state index in [1.165, 1.54) is 0 Å². The summed E-state index contributed by atoms with van der Waals surface area (Å²) in [5.74, 6) is 2.17. The number of benzene rings is 1. The number of aryl methyl sites for hydroxylation is 2. The van der Waals surface area contributed by atoms with Crippen molar-refractivity contribution in [1.82, 2.24) is 9.97 Å². The molecule has 1 heterocycles. The van der Waals surface area contributed by atoms with Gasteiger partial charge in [0.2, 0.25) is 5.88 Å². The van der Waals surface area contributed by atoms with Crippen molar-refractivity contribution in [3.8, 4) is 11.6 Å². The molecule has 0 aliphatic rings. The highest BCUT2D eigenvalue weighted by molar-refractivity contribution is 6.31. The molecular weight excluding hydrogens is 250 g/mol. The van der Waals surface area contributed by atoms with Gasteiger partial charge in [-0.1, -0.05) is 11.6 Å². The highest BCUT2D eigenvalue weighted by atomic mass is 35.5. The third-order valence-corrected chi connectivity index (χ3v) is 3.02. The number of nitrogens with zero attached hydrogens (tertiary/aromatic N) is 2. The average molecular weight is 264 g/mol. The molecule has 2 rings (SSSR count). The molecule has 0 aliphatic carbocycles. The van der Waals surface area contributed by atoms with Crippen LogP contribution >= 0.6 is 11.6 Å². The molecule has 0 spiro atoms. The minimum atomic E-state index is 0.434. The standard InChI is InChI=1S/C13H14ClN3O/c1-7-6-10(4-5-11(7)14)18-13-8(2)12(15)16-9(3)17-13/h4-6H,1-3H3,(H2,15,16,17). The van der Waals surface area contributed by atoms with Crippen LogP contribution < -0.4 is 10.5 Å². The molecule has 0 atom stereocenters. The molecule has 1 aromatic carbocycles. The first-order valence-corrected chi connectivity index (χ1v) is 5.90. The molecule has 0 fully saturated rings. The van der Waals surface area contributed by atoms with Gasteiger partial charge in [-0.3, -0.25) is 0 Å². The molecule has 0 saturated heterocycles. The molecule has 18 heavy (non-hydrogen) atoms. The maximum Gasteiger partial charge on any atom is 0.227 e. The van der Waals surface area contributed by atoms with Gasteiger partial charge in [0, 0.05) is 5.02 Å². The second-order valence-corrected chi connectivity index (χ2v) is 4.51. The van der Waals surface area contributed by atoms with Gasteiger partial charge in [-0.25, -0.2) is 4.98 Å². The number of nitrogen functional groups attached to an aromatic ring is 1. The number of ether oxygens (including phenoxy) is 1. The van der Waals surface area contributed by atoms with Crippen molar-refractivity contribution in [3.63, 3.8) is 0 Å². The van der Waals surface area contributed by atoms with E-state index >= 15 is 0 Å². The van der Waals surface area contributed by atoms with Crippen molar-refractivity contribution in [2.24, 2.45) is 0 Å². The molecule has 1 aromatic heterocycles. The van der Waals surface area contributed by atoms with Crippen molar-refractivity contribution in [3.05, 3.63) is 40.2 Å². The first-order valence-electron chi connectivity index (χ1n) is 5.52. The van der Waals surface area contributed by atoms with Crippen molar-refractivity contribution < 1.29 is 4.74 Å². The Morgan fingerprint density at radius 1 is 1.17 bits per heavy atom. The van der Waals surface area contributed by atoms with Crippen LogP contribution in [0.1, 0.15) is 17.0 Å². The van der Waals surface area contributed by atoms with E-state index in [1.807, 2.05) is 19.9 Å². The third-order valence-electron chi connectivity index (χ3n) is 2.59. The molecule has 94 valence electrons. The summed E-state index contributed by atoms with van der Waals surface area (Å²) in [5, 5.41) is 0.706. The lowest BCUT2D eigenvalue weighted by Gasteiger charge is -2.10. The van der Waals surface area contributed by atoms with E-state index < -0.39 is 0 Å². The van der Waals surface area contributed by atoms with Gasteiger partial charge in [-0.2, -0.15) is 4.98 Å². The van der Waals surface area contributed by atoms with Gasteiger partial charge in [-0.05, 0) is 44.5 Å². The van der Waals surface area contributed by atoms with Crippen molar-refractivity contribution in [2.75, 3.05) is 5.73 Å². The predicted molar refractivity (Wildman–Crippen MR) is 72.2 cm³/mol. The summed E-state index contributed by atoms with van der Waals surface area (Å²) in [4.78, 5) is 8.31. The fourth-order valence-electron chi connectivity index (χ4n) is 1.52. The predicted octanol–water partition coefficient (Wildman–Crippen LogP) is 3.43. The van der Waals surface area contributed by atoms with Crippen LogP contribution in [0, 0.1) is 20.8 Å². The van der Waals surface area contributed by atoms with Gasteiger partial charge in [0.05, 0.1) is 5.56 Å². The fraction of sp³-hybridized carbons (Fsp3) is 0.231. The smallest absolute Gasteiger partial charge is 0.227 e. The lowest BCUT2D eigenvalue weighted by molar-refractivity contribution is 0.456. The van der Waals surface area contributed by atoms with Gasteiger partial charge in [0.15, 0.2) is 0 Å². The van der Waals surface area contributed by atoms with Gasteiger partial charge in [-0.15, -0.1) is 0 Å². The molecule has 4 nitrogen and oxygen atoms in total. The largest absolute Gasteiger partial charge is 0.439 e. The fourth-order valence-corrected chi connectivity index (χ4v) is 1.63. The van der Waals surface area contributed by atoms with Crippen LogP contribution in [-0.2, 0) is 0 Å². The quantitative estimate of drug-likeness (QED) is 0.902. The van der Waals surface area contributed by atoms with Crippen LogP contribution in [0.5, 0.6) is 11.6 Å². The molecule has 0 bridgehead atoms. The highest BCUT2D eigenvalue weighted by Gasteiger charge is 2.09. The molecule has 0 amide bonds. The summed E-state index contributed by atoms with van der Waals surface area (Å²) >= 11 is 5.96. The normalized spacial score (nSPS) is 10.4. The summed E-state index contributed by atoms with van der Waals surface area (Å²) in [5.41, 5.74) is 7.46. The number of rotatable bonds is 2. The maximum absolute atomic E-state index is 5.96. The summed E-state index contributed by atoms with van der Waals surface area (Å²) in [6.07, 6.45) is 0. The Bertz CT molecular complexity index is 599. The Kier molecular flexibility index (Phi) is 3.39. The minimum absolute atomic E-state index is 0.434. The molecule has 2 aromatic rings. The number of aromatic nitrogens is 2. The molecule has 0 aliphatic heterocycles. The van der Waals surface area contributed by atoms with Crippen LogP contribution in [0.25, 0.3) is 0 Å². The molecule has 0 radical (unpaired) electrons. The second-order valence-electron chi connectivity index (χ2n) is 4.10. The van der Waals surface area contributed by atoms with Crippen molar-refractivity contribution in [1.29, 1.82) is 0 Å². The zero-order valence-corrected chi connectivity index (χ0v) is 11.2. The SMILES string of the molecule is Cc1nc(N)c(C)c(Oc2ccc(Cl)c(C)c2)n1. The molecule has 0 unspecified atom stereocenters. The van der Waals surface area contributed by atoms with Gasteiger partial charge in [0.1, 0.15) is 17.4 Å². The Balaban J connectivity index is 2.36. The van der Waals surface area contributed by atoms with E-state index in [1.54, 1.807) is 19.1 Å². The van der Waals surface area contributed by atoms with E-state index in [2.05, 4.69) is 9.97 Å². The Morgan fingerprint density at radius 3 is 2.56 bits per heavy atom. The van der Waals surface area contributed by atoms with Crippen LogP contribution in [0.15, 0.2) is 18.2 Å². The van der Waals surface area contributed by atoms with Gasteiger partial charge < -0.3 is 10.5 Å². The van der Waals surface area contributed by atoms with E-state index in [0.29, 0.717) is 28.3 Å². The van der Waals surface area contributed by atoms with Crippen LogP contribution in [0.2, 0.25) is 5.02 Å². The monoisotopic (exact) mass is 263 g/mol. The summed E-state index contributed by atoms with van der Waals surface area (Å²) in [6.45, 7) is 5.52. The Labute approximate surface area is 111 Å². The van der Waals surface area contributed by atoms with E-state index in [0.717, 1.165) is 11.1 Å². The molecule has 2 N–H and O–H groups in total. The summed E-state index contributed by atoms with van der Waals surface area (Å²) in [6, 6.07) is 5.44. The van der Waals surface area contributed by atoms with E-state index in [9.17, 15) is 0 Å². The number of nitrogens with two attached hydrogens (primary N) is 1. The Hall–Kier alpha value is -1.81. The molecule has 5 heteroatoms. The number of hydrogen-bond acceptors (Lipinski definition) is 4. The van der Waals surface area contributed by atoms with E-state index in [-0.39, 0.29) is 0 Å². The zero-order valence-electron chi connectivity index (χ0n) is 10.5. The average Bonchev–Trinajstić information content (AvgIpc) is 2.30. The topological polar surface area (TPSA) is 61.0 Å². The summed E-state index contributed by atoms with van der Waals surface area (Å²) in [7, 11) is 0. The van der Waals surface area contributed by atoms with Gasteiger partial charge in [0.25, 0.3) is 0 Å². The van der Waals surface area contributed by atoms with Crippen LogP contribution in [0.3, 0.4) is 0 Å². The van der Waals surface area contributed by atoms with Crippen LogP contribution in [-0.4, -0.2) is 9.97 Å². The van der Waals surface area contributed by atoms with E-state index in [4.69, 9.17) is 22.1 Å². The van der Waals surface area contributed by atoms with Crippen LogP contribution in [0.4, 0.5) is 5.82 Å². The second kappa shape index (κ2) is 4.82. The third kappa shape index (κ3) is 2.54. The lowest BCUT2D eigenvalue weighted by atomic mass is 10.2. The number of hydrogen-bond donors (Lipinski definition) is 1. The van der Waals surface area contributed by atoms with Gasteiger partial charge >= 0.3 is 0 Å². The number of anilines is 1. The molecular formula is C13H14ClN3O. The number of halogens is 1. The first-order chi connectivity index (χ1) is 8.47. The first kappa shape index (κ1) is 12.6. The lowest BCUT2D eigenvalue weighted by Crippen LogP contribution is -2.02. The zero-order chi connectivity index (χ0) is 13.3. The van der Waals surface area contributed by atoms with Crippen molar-refractivity contribution in [2.45, 2.75) is 20.8 Å². The Morgan fingerprint density at radius 2 is 1.89 bits per heavy atom. The minimum Gasteiger partial charge on any atom is -0.439 e. The van der Waals surface area contributed by atoms with Crippen molar-refractivity contribution >= 4 is 17.4 Å². The summed E-state index contributed by atoms with van der Waals surface area (Å²) < 4.78 is 5.72. The highest BCUT2D eigenvalue weighted by Crippen LogP contribution is 2.28.